The molecule has 5 heteroatoms. The molecule has 0 aliphatic carbocycles. The highest BCUT2D eigenvalue weighted by Gasteiger charge is 2.16. The Labute approximate surface area is 248 Å². The molecule has 0 aromatic carbocycles. The van der Waals surface area contributed by atoms with Crippen molar-refractivity contribution in [1.29, 1.82) is 0 Å². The molecule has 238 valence electrons. The summed E-state index contributed by atoms with van der Waals surface area (Å²) >= 11 is 0. The first-order valence-corrected chi connectivity index (χ1v) is 17.5. The molecule has 0 saturated carbocycles. The van der Waals surface area contributed by atoms with Crippen molar-refractivity contribution in [3.8, 4) is 0 Å². The Morgan fingerprint density at radius 2 is 0.925 bits per heavy atom. The molecule has 0 saturated heterocycles. The highest BCUT2D eigenvalue weighted by molar-refractivity contribution is 5.70. The van der Waals surface area contributed by atoms with Crippen molar-refractivity contribution >= 4 is 11.9 Å². The molecule has 0 spiro atoms. The molecule has 0 unspecified atom stereocenters. The summed E-state index contributed by atoms with van der Waals surface area (Å²) < 4.78 is 10.6. The number of rotatable bonds is 31. The Bertz CT molecular complexity index is 548. The summed E-state index contributed by atoms with van der Waals surface area (Å²) in [6, 6.07) is 0. The quantitative estimate of drug-likeness (QED) is 0.0665. The number of aliphatic hydroxyl groups is 1. The zero-order valence-electron chi connectivity index (χ0n) is 27.0. The summed E-state index contributed by atoms with van der Waals surface area (Å²) in [5.41, 5.74) is 0. The zero-order valence-corrected chi connectivity index (χ0v) is 27.0. The van der Waals surface area contributed by atoms with E-state index in [9.17, 15) is 14.7 Å². The van der Waals surface area contributed by atoms with Crippen molar-refractivity contribution in [3.63, 3.8) is 0 Å². The molecule has 0 aliphatic heterocycles. The first kappa shape index (κ1) is 38.9. The van der Waals surface area contributed by atoms with Gasteiger partial charge in [0.1, 0.15) is 6.61 Å². The molecule has 5 nitrogen and oxygen atoms in total. The molecule has 0 amide bonds. The van der Waals surface area contributed by atoms with Gasteiger partial charge < -0.3 is 14.6 Å². The van der Waals surface area contributed by atoms with Crippen LogP contribution in [0.5, 0.6) is 0 Å². The van der Waals surface area contributed by atoms with Gasteiger partial charge >= 0.3 is 11.9 Å². The third kappa shape index (κ3) is 29.9. The smallest absolute Gasteiger partial charge is 0.306 e. The largest absolute Gasteiger partial charge is 0.462 e. The van der Waals surface area contributed by atoms with E-state index in [0.29, 0.717) is 12.8 Å². The van der Waals surface area contributed by atoms with Gasteiger partial charge in [0.05, 0.1) is 6.61 Å². The van der Waals surface area contributed by atoms with Crippen molar-refractivity contribution in [2.24, 2.45) is 5.92 Å². The predicted molar refractivity (Wildman–Crippen MR) is 168 cm³/mol. The third-order valence-corrected chi connectivity index (χ3v) is 7.83. The lowest BCUT2D eigenvalue weighted by Gasteiger charge is -2.15. The summed E-state index contributed by atoms with van der Waals surface area (Å²) in [7, 11) is 0. The molecule has 0 aromatic heterocycles. The van der Waals surface area contributed by atoms with E-state index in [2.05, 4.69) is 20.8 Å². The normalized spacial score (nSPS) is 12.1. The first-order chi connectivity index (χ1) is 19.5. The van der Waals surface area contributed by atoms with E-state index in [-0.39, 0.29) is 25.2 Å². The maximum absolute atomic E-state index is 12.1. The SMILES string of the molecule is CCCCCCCCCCCCCCCCCC(=O)OC[C@H](CO)OC(=O)CCCCCCCCCCC(C)C. The topological polar surface area (TPSA) is 72.8 Å². The number of aliphatic hydroxyl groups excluding tert-OH is 1. The van der Waals surface area contributed by atoms with E-state index >= 15 is 0 Å². The number of unbranched alkanes of at least 4 members (excludes halogenated alkanes) is 21. The van der Waals surface area contributed by atoms with E-state index in [1.165, 1.54) is 122 Å². The van der Waals surface area contributed by atoms with Gasteiger partial charge in [-0.1, -0.05) is 162 Å². The van der Waals surface area contributed by atoms with Crippen LogP contribution in [0.4, 0.5) is 0 Å². The minimum Gasteiger partial charge on any atom is -0.462 e. The van der Waals surface area contributed by atoms with Crippen LogP contribution in [0, 0.1) is 5.92 Å². The van der Waals surface area contributed by atoms with Gasteiger partial charge in [0.15, 0.2) is 6.10 Å². The van der Waals surface area contributed by atoms with Gasteiger partial charge in [0.25, 0.3) is 0 Å². The van der Waals surface area contributed by atoms with Crippen molar-refractivity contribution in [1.82, 2.24) is 0 Å². The Morgan fingerprint density at radius 1 is 0.550 bits per heavy atom. The van der Waals surface area contributed by atoms with Gasteiger partial charge in [-0.3, -0.25) is 9.59 Å². The first-order valence-electron chi connectivity index (χ1n) is 17.5. The lowest BCUT2D eigenvalue weighted by atomic mass is 10.0. The van der Waals surface area contributed by atoms with Crippen molar-refractivity contribution in [3.05, 3.63) is 0 Å². The summed E-state index contributed by atoms with van der Waals surface area (Å²) in [5.74, 6) is 0.223. The van der Waals surface area contributed by atoms with Gasteiger partial charge in [0.2, 0.25) is 0 Å². The van der Waals surface area contributed by atoms with E-state index in [0.717, 1.165) is 38.0 Å². The second-order valence-corrected chi connectivity index (χ2v) is 12.4. The molecular weight excluding hydrogens is 500 g/mol. The molecule has 1 atom stereocenters. The lowest BCUT2D eigenvalue weighted by molar-refractivity contribution is -0.161. The van der Waals surface area contributed by atoms with Crippen molar-refractivity contribution in [2.75, 3.05) is 13.2 Å². The summed E-state index contributed by atoms with van der Waals surface area (Å²) in [4.78, 5) is 24.1. The monoisotopic (exact) mass is 569 g/mol. The molecule has 0 radical (unpaired) electrons. The average Bonchev–Trinajstić information content (AvgIpc) is 2.93. The van der Waals surface area contributed by atoms with Crippen LogP contribution in [0.2, 0.25) is 0 Å². The molecule has 0 aliphatic rings. The van der Waals surface area contributed by atoms with Gasteiger partial charge in [-0.15, -0.1) is 0 Å². The van der Waals surface area contributed by atoms with Crippen LogP contribution < -0.4 is 0 Å². The maximum Gasteiger partial charge on any atom is 0.306 e. The van der Waals surface area contributed by atoms with Crippen LogP contribution in [0.1, 0.15) is 188 Å². The van der Waals surface area contributed by atoms with Gasteiger partial charge in [-0.05, 0) is 18.8 Å². The van der Waals surface area contributed by atoms with Crippen LogP contribution in [-0.2, 0) is 19.1 Å². The van der Waals surface area contributed by atoms with Gasteiger partial charge in [-0.25, -0.2) is 0 Å². The van der Waals surface area contributed by atoms with Gasteiger partial charge in [-0.2, -0.15) is 0 Å². The standard InChI is InChI=1S/C35H68O5/c1-4-5-6-7-8-9-10-11-12-13-14-15-19-22-25-28-34(37)39-31-33(30-36)40-35(38)29-26-23-20-17-16-18-21-24-27-32(2)3/h32-33,36H,4-31H2,1-3H3/t33-/m0/s1. The minimum atomic E-state index is -0.761. The summed E-state index contributed by atoms with van der Waals surface area (Å²) in [6.07, 6.45) is 30.2. The zero-order chi connectivity index (χ0) is 29.5. The Kier molecular flexibility index (Phi) is 30.0. The molecule has 0 heterocycles. The molecule has 0 rings (SSSR count). The number of ether oxygens (including phenoxy) is 2. The Hall–Kier alpha value is -1.10. The van der Waals surface area contributed by atoms with Crippen LogP contribution in [0.3, 0.4) is 0 Å². The molecule has 0 aromatic rings. The predicted octanol–water partition coefficient (Wildman–Crippen LogP) is 10.3. The van der Waals surface area contributed by atoms with Crippen LogP contribution in [0.25, 0.3) is 0 Å². The molecule has 0 fully saturated rings. The fourth-order valence-corrected chi connectivity index (χ4v) is 5.15. The molecule has 1 N–H and O–H groups in total. The third-order valence-electron chi connectivity index (χ3n) is 7.83. The number of hydrogen-bond acceptors (Lipinski definition) is 5. The second kappa shape index (κ2) is 30.8. The van der Waals surface area contributed by atoms with E-state index in [1.807, 2.05) is 0 Å². The molecular formula is C35H68O5. The maximum atomic E-state index is 12.1. The van der Waals surface area contributed by atoms with Crippen LogP contribution in [-0.4, -0.2) is 36.4 Å². The minimum absolute atomic E-state index is 0.0589. The van der Waals surface area contributed by atoms with E-state index < -0.39 is 6.10 Å². The highest BCUT2D eigenvalue weighted by Crippen LogP contribution is 2.15. The lowest BCUT2D eigenvalue weighted by Crippen LogP contribution is -2.28. The number of esters is 2. The summed E-state index contributed by atoms with van der Waals surface area (Å²) in [5, 5.41) is 9.50. The van der Waals surface area contributed by atoms with Crippen LogP contribution >= 0.6 is 0 Å². The fraction of sp³-hybridized carbons (Fsp3) is 0.943. The van der Waals surface area contributed by atoms with Crippen molar-refractivity contribution in [2.45, 2.75) is 194 Å². The Balaban J connectivity index is 3.53. The molecule has 0 bridgehead atoms. The summed E-state index contributed by atoms with van der Waals surface area (Å²) in [6.45, 7) is 6.45. The average molecular weight is 569 g/mol. The number of carbonyl (C=O) groups is 2. The fourth-order valence-electron chi connectivity index (χ4n) is 5.15. The molecule has 40 heavy (non-hydrogen) atoms. The number of hydrogen-bond donors (Lipinski definition) is 1. The van der Waals surface area contributed by atoms with Crippen molar-refractivity contribution < 1.29 is 24.2 Å². The second-order valence-electron chi connectivity index (χ2n) is 12.4. The Morgan fingerprint density at radius 3 is 1.32 bits per heavy atom. The van der Waals surface area contributed by atoms with E-state index in [4.69, 9.17) is 9.47 Å². The van der Waals surface area contributed by atoms with Crippen LogP contribution in [0.15, 0.2) is 0 Å². The number of carbonyl (C=O) groups excluding carboxylic acids is 2. The van der Waals surface area contributed by atoms with E-state index in [1.54, 1.807) is 0 Å². The van der Waals surface area contributed by atoms with Gasteiger partial charge in [0, 0.05) is 12.8 Å². The highest BCUT2D eigenvalue weighted by atomic mass is 16.6.